The van der Waals surface area contributed by atoms with Crippen LogP contribution in [0.15, 0.2) is 42.6 Å². The van der Waals surface area contributed by atoms with Gasteiger partial charge in [0.05, 0.1) is 28.3 Å². The topological polar surface area (TPSA) is 68.0 Å². The number of pyridine rings is 1. The lowest BCUT2D eigenvalue weighted by molar-refractivity contribution is 0.0698. The molecule has 1 N–H and O–H groups in total. The molecule has 0 radical (unpaired) electrons. The summed E-state index contributed by atoms with van der Waals surface area (Å²) in [6.07, 6.45) is 1.73. The van der Waals surface area contributed by atoms with Crippen LogP contribution in [0.4, 0.5) is 0 Å². The first-order valence-electron chi connectivity index (χ1n) is 6.71. The molecule has 0 saturated carbocycles. The van der Waals surface area contributed by atoms with E-state index >= 15 is 0 Å². The molecule has 1 atom stereocenters. The van der Waals surface area contributed by atoms with Gasteiger partial charge >= 0.3 is 5.97 Å². The monoisotopic (exact) mass is 281 g/mol. The highest BCUT2D eigenvalue weighted by molar-refractivity contribution is 6.01. The van der Waals surface area contributed by atoms with Gasteiger partial charge in [-0.05, 0) is 38.1 Å². The quantitative estimate of drug-likeness (QED) is 0.801. The molecule has 0 aliphatic rings. The van der Waals surface area contributed by atoms with Crippen LogP contribution in [0.3, 0.4) is 0 Å². The minimum Gasteiger partial charge on any atom is -0.478 e. The maximum absolute atomic E-state index is 11.5. The summed E-state index contributed by atoms with van der Waals surface area (Å²) in [5.41, 5.74) is 2.46. The van der Waals surface area contributed by atoms with E-state index in [9.17, 15) is 9.90 Å². The van der Waals surface area contributed by atoms with Crippen molar-refractivity contribution < 1.29 is 9.90 Å². The molecule has 106 valence electrons. The van der Waals surface area contributed by atoms with Gasteiger partial charge in [0.15, 0.2) is 0 Å². The number of para-hydroxylation sites is 1. The Labute approximate surface area is 121 Å². The average molecular weight is 281 g/mol. The molecular formula is C16H15N3O2. The number of nitrogens with zero attached hydrogens (tertiary/aromatic N) is 3. The number of imidazole rings is 1. The summed E-state index contributed by atoms with van der Waals surface area (Å²) >= 11 is 0. The van der Waals surface area contributed by atoms with Crippen LogP contribution in [0.5, 0.6) is 0 Å². The van der Waals surface area contributed by atoms with Crippen LogP contribution < -0.4 is 0 Å². The number of rotatable bonds is 3. The van der Waals surface area contributed by atoms with Gasteiger partial charge in [-0.1, -0.05) is 12.1 Å². The minimum absolute atomic E-state index is 0.0864. The third kappa shape index (κ3) is 2.16. The average Bonchev–Trinajstić information content (AvgIpc) is 2.83. The number of hydrogen-bond donors (Lipinski definition) is 1. The highest BCUT2D eigenvalue weighted by Gasteiger charge is 2.20. The lowest BCUT2D eigenvalue weighted by atomic mass is 10.1. The second-order valence-electron chi connectivity index (χ2n) is 4.94. The summed E-state index contributed by atoms with van der Waals surface area (Å²) in [7, 11) is 0. The molecule has 1 unspecified atom stereocenters. The number of aromatic nitrogens is 3. The highest BCUT2D eigenvalue weighted by Crippen LogP contribution is 2.27. The van der Waals surface area contributed by atoms with Crippen molar-refractivity contribution in [3.05, 3.63) is 59.7 Å². The van der Waals surface area contributed by atoms with Crippen LogP contribution in [0.1, 0.15) is 34.8 Å². The van der Waals surface area contributed by atoms with E-state index in [-0.39, 0.29) is 11.6 Å². The van der Waals surface area contributed by atoms with Crippen molar-refractivity contribution >= 4 is 17.0 Å². The van der Waals surface area contributed by atoms with E-state index in [1.807, 2.05) is 42.7 Å². The fourth-order valence-electron chi connectivity index (χ4n) is 2.67. The third-order valence-electron chi connectivity index (χ3n) is 3.62. The molecule has 0 spiro atoms. The first-order valence-corrected chi connectivity index (χ1v) is 6.71. The van der Waals surface area contributed by atoms with Gasteiger partial charge in [-0.2, -0.15) is 0 Å². The second kappa shape index (κ2) is 5.01. The van der Waals surface area contributed by atoms with E-state index in [4.69, 9.17) is 0 Å². The molecule has 5 heteroatoms. The Hall–Kier alpha value is -2.69. The van der Waals surface area contributed by atoms with Gasteiger partial charge in [-0.15, -0.1) is 0 Å². The summed E-state index contributed by atoms with van der Waals surface area (Å²) in [5, 5.41) is 9.41. The van der Waals surface area contributed by atoms with Crippen molar-refractivity contribution in [2.45, 2.75) is 19.9 Å². The number of fused-ring (bicyclic) bond motifs is 1. The lowest BCUT2D eigenvalue weighted by Gasteiger charge is -2.16. The number of carboxylic acid groups (broad SMARTS) is 1. The van der Waals surface area contributed by atoms with E-state index < -0.39 is 5.97 Å². The van der Waals surface area contributed by atoms with Gasteiger partial charge in [0.25, 0.3) is 0 Å². The van der Waals surface area contributed by atoms with Crippen LogP contribution >= 0.6 is 0 Å². The van der Waals surface area contributed by atoms with E-state index in [1.54, 1.807) is 18.3 Å². The number of carbonyl (C=O) groups is 1. The van der Waals surface area contributed by atoms with Gasteiger partial charge in [-0.25, -0.2) is 9.78 Å². The molecule has 2 heterocycles. The Morgan fingerprint density at radius 3 is 2.71 bits per heavy atom. The molecule has 5 nitrogen and oxygen atoms in total. The Morgan fingerprint density at radius 1 is 1.24 bits per heavy atom. The van der Waals surface area contributed by atoms with Crippen LogP contribution in [0.25, 0.3) is 11.0 Å². The van der Waals surface area contributed by atoms with Crippen LogP contribution in [-0.4, -0.2) is 25.6 Å². The van der Waals surface area contributed by atoms with Crippen molar-refractivity contribution in [3.63, 3.8) is 0 Å². The lowest BCUT2D eigenvalue weighted by Crippen LogP contribution is -2.12. The molecule has 3 rings (SSSR count). The zero-order valence-electron chi connectivity index (χ0n) is 11.8. The van der Waals surface area contributed by atoms with E-state index in [2.05, 4.69) is 9.97 Å². The fourth-order valence-corrected chi connectivity index (χ4v) is 2.67. The largest absolute Gasteiger partial charge is 0.478 e. The van der Waals surface area contributed by atoms with Crippen LogP contribution in [0.2, 0.25) is 0 Å². The number of benzene rings is 1. The Kier molecular flexibility index (Phi) is 3.17. The summed E-state index contributed by atoms with van der Waals surface area (Å²) in [6.45, 7) is 3.88. The minimum atomic E-state index is -0.949. The maximum atomic E-state index is 11.5. The molecule has 0 saturated heterocycles. The molecule has 21 heavy (non-hydrogen) atoms. The van der Waals surface area contributed by atoms with E-state index in [0.29, 0.717) is 11.0 Å². The van der Waals surface area contributed by atoms with Crippen molar-refractivity contribution in [1.82, 2.24) is 14.5 Å². The molecule has 0 bridgehead atoms. The number of hydrogen-bond acceptors (Lipinski definition) is 3. The predicted molar refractivity (Wildman–Crippen MR) is 79.5 cm³/mol. The molecule has 0 aliphatic carbocycles. The zero-order chi connectivity index (χ0) is 15.0. The standard InChI is InChI=1S/C16H15N3O2/c1-10(13-7-3-4-9-17-13)19-11(2)18-14-8-5-6-12(15(14)19)16(20)21/h3-10H,1-2H3,(H,20,21). The Balaban J connectivity index is 2.27. The highest BCUT2D eigenvalue weighted by atomic mass is 16.4. The van der Waals surface area contributed by atoms with Gasteiger partial charge in [-0.3, -0.25) is 4.98 Å². The van der Waals surface area contributed by atoms with Gasteiger partial charge in [0.2, 0.25) is 0 Å². The van der Waals surface area contributed by atoms with Crippen molar-refractivity contribution in [1.29, 1.82) is 0 Å². The van der Waals surface area contributed by atoms with E-state index in [1.165, 1.54) is 0 Å². The molecule has 0 amide bonds. The van der Waals surface area contributed by atoms with Crippen LogP contribution in [0, 0.1) is 6.92 Å². The molecule has 3 aromatic rings. The van der Waals surface area contributed by atoms with E-state index in [0.717, 1.165) is 11.5 Å². The number of aromatic carboxylic acids is 1. The maximum Gasteiger partial charge on any atom is 0.337 e. The predicted octanol–water partition coefficient (Wildman–Crippen LogP) is 3.05. The summed E-state index contributed by atoms with van der Waals surface area (Å²) < 4.78 is 1.93. The SMILES string of the molecule is Cc1nc2cccc(C(=O)O)c2n1C(C)c1ccccn1. The first kappa shape index (κ1) is 13.3. The molecule has 0 aliphatic heterocycles. The molecule has 1 aromatic carbocycles. The smallest absolute Gasteiger partial charge is 0.337 e. The van der Waals surface area contributed by atoms with Crippen molar-refractivity contribution in [2.24, 2.45) is 0 Å². The third-order valence-corrected chi connectivity index (χ3v) is 3.62. The van der Waals surface area contributed by atoms with Crippen molar-refractivity contribution in [2.75, 3.05) is 0 Å². The Bertz CT molecular complexity index is 809. The Morgan fingerprint density at radius 2 is 2.05 bits per heavy atom. The van der Waals surface area contributed by atoms with Gasteiger partial charge in [0, 0.05) is 6.20 Å². The number of carboxylic acids is 1. The molecule has 2 aromatic heterocycles. The van der Waals surface area contributed by atoms with Gasteiger partial charge < -0.3 is 9.67 Å². The summed E-state index contributed by atoms with van der Waals surface area (Å²) in [4.78, 5) is 20.3. The van der Waals surface area contributed by atoms with Crippen LogP contribution in [-0.2, 0) is 0 Å². The first-order chi connectivity index (χ1) is 10.1. The summed E-state index contributed by atoms with van der Waals surface area (Å²) in [6, 6.07) is 10.8. The normalized spacial score (nSPS) is 12.5. The number of aryl methyl sites for hydroxylation is 1. The molecular weight excluding hydrogens is 266 g/mol. The molecule has 0 fully saturated rings. The van der Waals surface area contributed by atoms with Gasteiger partial charge in [0.1, 0.15) is 5.82 Å². The second-order valence-corrected chi connectivity index (χ2v) is 4.94. The van der Waals surface area contributed by atoms with Crippen molar-refractivity contribution in [3.8, 4) is 0 Å². The fraction of sp³-hybridized carbons (Fsp3) is 0.188. The zero-order valence-corrected chi connectivity index (χ0v) is 11.8. The summed E-state index contributed by atoms with van der Waals surface area (Å²) in [5.74, 6) is -0.174.